The molecule has 0 saturated heterocycles. The molecule has 0 radical (unpaired) electrons. The molecule has 2 rings (SSSR count). The fourth-order valence-electron chi connectivity index (χ4n) is 2.15. The van der Waals surface area contributed by atoms with E-state index in [0.29, 0.717) is 18.0 Å². The van der Waals surface area contributed by atoms with Crippen LogP contribution in [0, 0.1) is 13.8 Å². The summed E-state index contributed by atoms with van der Waals surface area (Å²) in [6.07, 6.45) is 2.10. The van der Waals surface area contributed by atoms with Crippen LogP contribution in [0.2, 0.25) is 0 Å². The molecule has 0 spiro atoms. The Kier molecular flexibility index (Phi) is 6.67. The van der Waals surface area contributed by atoms with Gasteiger partial charge in [0.25, 0.3) is 5.91 Å². The van der Waals surface area contributed by atoms with Gasteiger partial charge in [-0.3, -0.25) is 4.79 Å². The number of carbonyl (C=O) groups is 1. The van der Waals surface area contributed by atoms with Crippen molar-refractivity contribution in [3.05, 3.63) is 53.6 Å². The zero-order valence-electron chi connectivity index (χ0n) is 14.6. The van der Waals surface area contributed by atoms with E-state index < -0.39 is 0 Å². The smallest absolute Gasteiger partial charge is 0.262 e. The first-order valence-electron chi connectivity index (χ1n) is 8.31. The van der Waals surface area contributed by atoms with E-state index in [2.05, 4.69) is 12.2 Å². The molecule has 0 aliphatic heterocycles. The summed E-state index contributed by atoms with van der Waals surface area (Å²) in [7, 11) is 0. The van der Waals surface area contributed by atoms with Crippen molar-refractivity contribution in [1.82, 2.24) is 0 Å². The van der Waals surface area contributed by atoms with Gasteiger partial charge in [-0.2, -0.15) is 0 Å². The van der Waals surface area contributed by atoms with Crippen molar-refractivity contribution in [2.75, 3.05) is 18.5 Å². The van der Waals surface area contributed by atoms with Crippen LogP contribution in [0.4, 0.5) is 5.69 Å². The van der Waals surface area contributed by atoms with Gasteiger partial charge in [-0.05, 0) is 55.7 Å². The molecule has 0 saturated carbocycles. The van der Waals surface area contributed by atoms with Crippen LogP contribution in [0.25, 0.3) is 0 Å². The van der Waals surface area contributed by atoms with Crippen LogP contribution in [0.15, 0.2) is 42.5 Å². The molecule has 0 fully saturated rings. The summed E-state index contributed by atoms with van der Waals surface area (Å²) in [6.45, 7) is 6.84. The lowest BCUT2D eigenvalue weighted by Gasteiger charge is -2.10. The van der Waals surface area contributed by atoms with Crippen molar-refractivity contribution in [2.24, 2.45) is 0 Å². The third-order valence-corrected chi connectivity index (χ3v) is 3.73. The van der Waals surface area contributed by atoms with Gasteiger partial charge in [0.1, 0.15) is 11.5 Å². The van der Waals surface area contributed by atoms with Gasteiger partial charge in [-0.15, -0.1) is 0 Å². The first-order valence-corrected chi connectivity index (χ1v) is 8.31. The maximum atomic E-state index is 12.0. The second kappa shape index (κ2) is 8.96. The molecule has 1 N–H and O–H groups in total. The number of carbonyl (C=O) groups excluding carboxylic acids is 1. The maximum absolute atomic E-state index is 12.0. The van der Waals surface area contributed by atoms with E-state index in [9.17, 15) is 4.79 Å². The predicted octanol–water partition coefficient (Wildman–Crippen LogP) is 4.50. The quantitative estimate of drug-likeness (QED) is 0.726. The molecule has 128 valence electrons. The highest BCUT2D eigenvalue weighted by atomic mass is 16.5. The van der Waals surface area contributed by atoms with E-state index >= 15 is 0 Å². The van der Waals surface area contributed by atoms with Crippen LogP contribution in [0.3, 0.4) is 0 Å². The number of benzene rings is 2. The van der Waals surface area contributed by atoms with E-state index in [4.69, 9.17) is 9.47 Å². The molecule has 0 unspecified atom stereocenters. The van der Waals surface area contributed by atoms with Gasteiger partial charge in [0, 0.05) is 11.8 Å². The van der Waals surface area contributed by atoms with Gasteiger partial charge in [0.2, 0.25) is 0 Å². The Hall–Kier alpha value is -2.49. The molecular formula is C20H25NO3. The minimum absolute atomic E-state index is 0.0244. The van der Waals surface area contributed by atoms with Crippen LogP contribution in [0.5, 0.6) is 11.5 Å². The van der Waals surface area contributed by atoms with Crippen LogP contribution in [0.1, 0.15) is 30.9 Å². The molecule has 2 aromatic carbocycles. The average molecular weight is 327 g/mol. The zero-order chi connectivity index (χ0) is 17.4. The molecule has 0 aromatic heterocycles. The van der Waals surface area contributed by atoms with Gasteiger partial charge < -0.3 is 14.8 Å². The average Bonchev–Trinajstić information content (AvgIpc) is 2.57. The van der Waals surface area contributed by atoms with Crippen LogP contribution < -0.4 is 14.8 Å². The number of rotatable bonds is 8. The van der Waals surface area contributed by atoms with E-state index in [-0.39, 0.29) is 12.5 Å². The van der Waals surface area contributed by atoms with E-state index in [1.165, 1.54) is 5.56 Å². The van der Waals surface area contributed by atoms with Gasteiger partial charge in [-0.1, -0.05) is 25.5 Å². The van der Waals surface area contributed by atoms with Gasteiger partial charge >= 0.3 is 0 Å². The van der Waals surface area contributed by atoms with Gasteiger partial charge in [0.05, 0.1) is 6.61 Å². The Balaban J connectivity index is 1.85. The standard InChI is InChI=1S/C20H25NO3/c1-4-5-11-23-18-8-6-7-17(13-18)21-20(22)14-24-19-10-9-15(2)16(3)12-19/h6-10,12-13H,4-5,11,14H2,1-3H3,(H,21,22). The topological polar surface area (TPSA) is 47.6 Å². The van der Waals surface area contributed by atoms with E-state index in [1.807, 2.05) is 56.3 Å². The number of amides is 1. The molecule has 24 heavy (non-hydrogen) atoms. The Morgan fingerprint density at radius 3 is 2.54 bits per heavy atom. The van der Waals surface area contributed by atoms with Gasteiger partial charge in [-0.25, -0.2) is 0 Å². The molecule has 0 aliphatic rings. The Morgan fingerprint density at radius 2 is 1.79 bits per heavy atom. The van der Waals surface area contributed by atoms with Crippen LogP contribution >= 0.6 is 0 Å². The highest BCUT2D eigenvalue weighted by Gasteiger charge is 2.05. The second-order valence-corrected chi connectivity index (χ2v) is 5.81. The fraction of sp³-hybridized carbons (Fsp3) is 0.350. The van der Waals surface area contributed by atoms with Crippen molar-refractivity contribution < 1.29 is 14.3 Å². The van der Waals surface area contributed by atoms with Crippen molar-refractivity contribution >= 4 is 11.6 Å². The molecule has 1 amide bonds. The summed E-state index contributed by atoms with van der Waals surface area (Å²) >= 11 is 0. The summed E-state index contributed by atoms with van der Waals surface area (Å²) in [5.41, 5.74) is 3.05. The number of ether oxygens (including phenoxy) is 2. The molecule has 0 bridgehead atoms. The molecule has 4 heteroatoms. The largest absolute Gasteiger partial charge is 0.494 e. The number of aryl methyl sites for hydroxylation is 2. The summed E-state index contributed by atoms with van der Waals surface area (Å²) < 4.78 is 11.2. The Bertz CT molecular complexity index is 682. The zero-order valence-corrected chi connectivity index (χ0v) is 14.6. The normalized spacial score (nSPS) is 10.3. The van der Waals surface area contributed by atoms with Gasteiger partial charge in [0.15, 0.2) is 6.61 Å². The number of hydrogen-bond donors (Lipinski definition) is 1. The lowest BCUT2D eigenvalue weighted by molar-refractivity contribution is -0.118. The lowest BCUT2D eigenvalue weighted by atomic mass is 10.1. The minimum Gasteiger partial charge on any atom is -0.494 e. The monoisotopic (exact) mass is 327 g/mol. The Labute approximate surface area is 143 Å². The summed E-state index contributed by atoms with van der Waals surface area (Å²) in [4.78, 5) is 12.0. The third kappa shape index (κ3) is 5.61. The summed E-state index contributed by atoms with van der Waals surface area (Å²) in [6, 6.07) is 13.2. The van der Waals surface area contributed by atoms with Crippen molar-refractivity contribution in [3.63, 3.8) is 0 Å². The minimum atomic E-state index is -0.195. The van der Waals surface area contributed by atoms with Crippen molar-refractivity contribution in [1.29, 1.82) is 0 Å². The highest BCUT2D eigenvalue weighted by molar-refractivity contribution is 5.92. The molecule has 4 nitrogen and oxygen atoms in total. The summed E-state index contributed by atoms with van der Waals surface area (Å²) in [5, 5.41) is 2.83. The molecular weight excluding hydrogens is 302 g/mol. The van der Waals surface area contributed by atoms with Crippen molar-refractivity contribution in [3.8, 4) is 11.5 Å². The fourth-order valence-corrected chi connectivity index (χ4v) is 2.15. The van der Waals surface area contributed by atoms with Crippen molar-refractivity contribution in [2.45, 2.75) is 33.6 Å². The van der Waals surface area contributed by atoms with E-state index in [1.54, 1.807) is 0 Å². The SMILES string of the molecule is CCCCOc1cccc(NC(=O)COc2ccc(C)c(C)c2)c1. The second-order valence-electron chi connectivity index (χ2n) is 5.81. The molecule has 0 atom stereocenters. The lowest BCUT2D eigenvalue weighted by Crippen LogP contribution is -2.20. The highest BCUT2D eigenvalue weighted by Crippen LogP contribution is 2.18. The molecule has 0 aliphatic carbocycles. The number of hydrogen-bond acceptors (Lipinski definition) is 3. The Morgan fingerprint density at radius 1 is 1.00 bits per heavy atom. The number of unbranched alkanes of at least 4 members (excludes halogenated alkanes) is 1. The molecule has 0 heterocycles. The summed E-state index contributed by atoms with van der Waals surface area (Å²) in [5.74, 6) is 1.26. The first-order chi connectivity index (χ1) is 11.6. The number of anilines is 1. The maximum Gasteiger partial charge on any atom is 0.262 e. The van der Waals surface area contributed by atoms with Crippen LogP contribution in [-0.2, 0) is 4.79 Å². The number of nitrogens with one attached hydrogen (secondary N) is 1. The first kappa shape index (κ1) is 17.9. The van der Waals surface area contributed by atoms with Crippen LogP contribution in [-0.4, -0.2) is 19.1 Å². The van der Waals surface area contributed by atoms with E-state index in [0.717, 1.165) is 24.2 Å². The predicted molar refractivity (Wildman–Crippen MR) is 96.9 cm³/mol. The molecule has 2 aromatic rings. The third-order valence-electron chi connectivity index (χ3n) is 3.73.